The molecule has 1 amide bonds. The Balaban J connectivity index is 1.81. The van der Waals surface area contributed by atoms with Crippen LogP contribution in [0.3, 0.4) is 0 Å². The molecule has 1 aromatic heterocycles. The standard InChI is InChI=1S/C14H19N5O2S/c1-19-10-16-18-14(19)22-12-5-3-11(4-6-12)17-13(20)9-15-7-8-21-2/h3-6,10,15H,7-9H2,1-2H3,(H,17,20). The van der Waals surface area contributed by atoms with Crippen molar-refractivity contribution in [2.45, 2.75) is 10.1 Å². The van der Waals surface area contributed by atoms with E-state index in [0.29, 0.717) is 13.2 Å². The number of nitrogens with one attached hydrogen (secondary N) is 2. The van der Waals surface area contributed by atoms with Gasteiger partial charge in [-0.15, -0.1) is 10.2 Å². The summed E-state index contributed by atoms with van der Waals surface area (Å²) in [6, 6.07) is 7.61. The first-order chi connectivity index (χ1) is 10.7. The zero-order valence-electron chi connectivity index (χ0n) is 12.6. The Bertz CT molecular complexity index is 600. The molecule has 0 saturated heterocycles. The summed E-state index contributed by atoms with van der Waals surface area (Å²) in [5, 5.41) is 14.5. The van der Waals surface area contributed by atoms with Gasteiger partial charge in [-0.2, -0.15) is 0 Å². The van der Waals surface area contributed by atoms with Gasteiger partial charge in [-0.25, -0.2) is 0 Å². The number of amides is 1. The molecule has 0 fully saturated rings. The number of nitrogens with zero attached hydrogens (tertiary/aromatic N) is 3. The minimum atomic E-state index is -0.0789. The summed E-state index contributed by atoms with van der Waals surface area (Å²) in [6.07, 6.45) is 1.66. The highest BCUT2D eigenvalue weighted by Gasteiger charge is 2.05. The van der Waals surface area contributed by atoms with Crippen molar-refractivity contribution in [3.8, 4) is 0 Å². The Labute approximate surface area is 133 Å². The maximum absolute atomic E-state index is 11.7. The fourth-order valence-corrected chi connectivity index (χ4v) is 2.42. The van der Waals surface area contributed by atoms with Gasteiger partial charge in [0.1, 0.15) is 6.33 Å². The van der Waals surface area contributed by atoms with Gasteiger partial charge in [-0.3, -0.25) is 4.79 Å². The largest absolute Gasteiger partial charge is 0.383 e. The van der Waals surface area contributed by atoms with Crippen molar-refractivity contribution in [1.82, 2.24) is 20.1 Å². The molecule has 2 N–H and O–H groups in total. The number of hydrogen-bond acceptors (Lipinski definition) is 6. The van der Waals surface area contributed by atoms with Crippen LogP contribution in [0.15, 0.2) is 40.6 Å². The van der Waals surface area contributed by atoms with E-state index < -0.39 is 0 Å². The predicted octanol–water partition coefficient (Wildman–Crippen LogP) is 1.14. The van der Waals surface area contributed by atoms with E-state index in [-0.39, 0.29) is 12.5 Å². The number of rotatable bonds is 8. The first kappa shape index (κ1) is 16.5. The predicted molar refractivity (Wildman–Crippen MR) is 84.9 cm³/mol. The molecule has 8 heteroatoms. The Morgan fingerprint density at radius 1 is 1.36 bits per heavy atom. The second-order valence-electron chi connectivity index (χ2n) is 4.57. The van der Waals surface area contributed by atoms with E-state index in [9.17, 15) is 4.79 Å². The van der Waals surface area contributed by atoms with Crippen molar-refractivity contribution in [3.63, 3.8) is 0 Å². The second kappa shape index (κ2) is 8.52. The number of anilines is 1. The molecular weight excluding hydrogens is 302 g/mol. The number of methoxy groups -OCH3 is 1. The average molecular weight is 321 g/mol. The van der Waals surface area contributed by atoms with Gasteiger partial charge < -0.3 is 19.9 Å². The number of hydrogen-bond donors (Lipinski definition) is 2. The number of carbonyl (C=O) groups is 1. The SMILES string of the molecule is COCCNCC(=O)Nc1ccc(Sc2nncn2C)cc1. The lowest BCUT2D eigenvalue weighted by Crippen LogP contribution is -2.30. The molecule has 0 aliphatic heterocycles. The Kier molecular flexibility index (Phi) is 6.38. The van der Waals surface area contributed by atoms with Gasteiger partial charge in [0, 0.05) is 31.3 Å². The van der Waals surface area contributed by atoms with Crippen molar-refractivity contribution >= 4 is 23.4 Å². The minimum absolute atomic E-state index is 0.0789. The fraction of sp³-hybridized carbons (Fsp3) is 0.357. The Morgan fingerprint density at radius 2 is 2.14 bits per heavy atom. The highest BCUT2D eigenvalue weighted by molar-refractivity contribution is 7.99. The summed E-state index contributed by atoms with van der Waals surface area (Å²) < 4.78 is 6.75. The normalized spacial score (nSPS) is 10.6. The van der Waals surface area contributed by atoms with Crippen molar-refractivity contribution < 1.29 is 9.53 Å². The van der Waals surface area contributed by atoms with Crippen LogP contribution in [0.25, 0.3) is 0 Å². The molecule has 0 spiro atoms. The number of ether oxygens (including phenoxy) is 1. The number of carbonyl (C=O) groups excluding carboxylic acids is 1. The van der Waals surface area contributed by atoms with Crippen LogP contribution in [-0.4, -0.2) is 47.5 Å². The molecule has 2 rings (SSSR count). The molecule has 1 heterocycles. The molecule has 0 saturated carbocycles. The zero-order chi connectivity index (χ0) is 15.8. The third kappa shape index (κ3) is 5.14. The summed E-state index contributed by atoms with van der Waals surface area (Å²) in [4.78, 5) is 12.8. The third-order valence-corrected chi connectivity index (χ3v) is 3.85. The van der Waals surface area contributed by atoms with Gasteiger partial charge in [0.15, 0.2) is 5.16 Å². The topological polar surface area (TPSA) is 81.1 Å². The average Bonchev–Trinajstić information content (AvgIpc) is 2.91. The van der Waals surface area contributed by atoms with Crippen LogP contribution in [0.5, 0.6) is 0 Å². The van der Waals surface area contributed by atoms with Crippen molar-refractivity contribution in [1.29, 1.82) is 0 Å². The van der Waals surface area contributed by atoms with Crippen LogP contribution in [0.4, 0.5) is 5.69 Å². The van der Waals surface area contributed by atoms with Crippen LogP contribution in [-0.2, 0) is 16.6 Å². The molecule has 0 radical (unpaired) electrons. The van der Waals surface area contributed by atoms with Gasteiger partial charge in [-0.05, 0) is 36.0 Å². The van der Waals surface area contributed by atoms with Crippen molar-refractivity contribution in [2.75, 3.05) is 32.1 Å². The molecule has 0 atom stereocenters. The van der Waals surface area contributed by atoms with Gasteiger partial charge in [0.25, 0.3) is 0 Å². The highest BCUT2D eigenvalue weighted by atomic mass is 32.2. The van der Waals surface area contributed by atoms with Crippen LogP contribution in [0.2, 0.25) is 0 Å². The monoisotopic (exact) mass is 321 g/mol. The molecule has 7 nitrogen and oxygen atoms in total. The van der Waals surface area contributed by atoms with Gasteiger partial charge in [0.2, 0.25) is 5.91 Å². The summed E-state index contributed by atoms with van der Waals surface area (Å²) in [7, 11) is 3.52. The zero-order valence-corrected chi connectivity index (χ0v) is 13.4. The molecular formula is C14H19N5O2S. The van der Waals surface area contributed by atoms with E-state index in [1.807, 2.05) is 35.9 Å². The molecule has 1 aromatic carbocycles. The van der Waals surface area contributed by atoms with E-state index in [4.69, 9.17) is 4.74 Å². The van der Waals surface area contributed by atoms with Gasteiger partial charge >= 0.3 is 0 Å². The van der Waals surface area contributed by atoms with Gasteiger partial charge in [0.05, 0.1) is 13.2 Å². The molecule has 2 aromatic rings. The van der Waals surface area contributed by atoms with Crippen LogP contribution in [0, 0.1) is 0 Å². The lowest BCUT2D eigenvalue weighted by atomic mass is 10.3. The second-order valence-corrected chi connectivity index (χ2v) is 5.61. The molecule has 0 unspecified atom stereocenters. The number of aryl methyl sites for hydroxylation is 1. The number of benzene rings is 1. The van der Waals surface area contributed by atoms with E-state index in [1.54, 1.807) is 13.4 Å². The lowest BCUT2D eigenvalue weighted by Gasteiger charge is -2.07. The van der Waals surface area contributed by atoms with Crippen LogP contribution >= 0.6 is 11.8 Å². The van der Waals surface area contributed by atoms with Crippen molar-refractivity contribution in [3.05, 3.63) is 30.6 Å². The minimum Gasteiger partial charge on any atom is -0.383 e. The van der Waals surface area contributed by atoms with E-state index in [0.717, 1.165) is 15.7 Å². The maximum atomic E-state index is 11.7. The molecule has 118 valence electrons. The molecule has 0 aliphatic rings. The van der Waals surface area contributed by atoms with Crippen molar-refractivity contribution in [2.24, 2.45) is 7.05 Å². The molecule has 22 heavy (non-hydrogen) atoms. The third-order valence-electron chi connectivity index (χ3n) is 2.79. The molecule has 0 bridgehead atoms. The quantitative estimate of drug-likeness (QED) is 0.710. The first-order valence-electron chi connectivity index (χ1n) is 6.80. The first-order valence-corrected chi connectivity index (χ1v) is 7.62. The Hall–Kier alpha value is -1.90. The van der Waals surface area contributed by atoms with E-state index in [2.05, 4.69) is 20.8 Å². The fourth-order valence-electron chi connectivity index (χ4n) is 1.66. The van der Waals surface area contributed by atoms with Crippen LogP contribution in [0.1, 0.15) is 0 Å². The summed E-state index contributed by atoms with van der Waals surface area (Å²) in [5.74, 6) is -0.0789. The molecule has 0 aliphatic carbocycles. The maximum Gasteiger partial charge on any atom is 0.238 e. The van der Waals surface area contributed by atoms with Crippen LogP contribution < -0.4 is 10.6 Å². The number of aromatic nitrogens is 3. The van der Waals surface area contributed by atoms with E-state index >= 15 is 0 Å². The lowest BCUT2D eigenvalue weighted by molar-refractivity contribution is -0.115. The highest BCUT2D eigenvalue weighted by Crippen LogP contribution is 2.26. The summed E-state index contributed by atoms with van der Waals surface area (Å²) in [6.45, 7) is 1.50. The van der Waals surface area contributed by atoms with Gasteiger partial charge in [-0.1, -0.05) is 0 Å². The summed E-state index contributed by atoms with van der Waals surface area (Å²) in [5.41, 5.74) is 0.765. The van der Waals surface area contributed by atoms with E-state index in [1.165, 1.54) is 11.8 Å². The Morgan fingerprint density at radius 3 is 2.77 bits per heavy atom. The summed E-state index contributed by atoms with van der Waals surface area (Å²) >= 11 is 1.52. The smallest absolute Gasteiger partial charge is 0.238 e.